The van der Waals surface area contributed by atoms with Crippen LogP contribution in [0.2, 0.25) is 30.2 Å². The van der Waals surface area contributed by atoms with Crippen molar-refractivity contribution in [2.24, 2.45) is 0 Å². The lowest BCUT2D eigenvalue weighted by Gasteiger charge is -2.45. The first-order chi connectivity index (χ1) is 12.9. The first-order valence-corrected chi connectivity index (χ1v) is 15.0. The third-order valence-corrected chi connectivity index (χ3v) is 16.9. The molecule has 0 rings (SSSR count). The van der Waals surface area contributed by atoms with E-state index in [1.165, 1.54) is 30.3 Å². The third-order valence-electron chi connectivity index (χ3n) is 5.47. The molecule has 0 aromatic rings. The molecule has 156 valence electrons. The van der Waals surface area contributed by atoms with Gasteiger partial charge in [-0.1, -0.05) is 46.9 Å². The molecule has 0 radical (unpaired) electrons. The van der Waals surface area contributed by atoms with Crippen LogP contribution in [-0.4, -0.2) is 53.1 Å². The van der Waals surface area contributed by atoms with E-state index in [9.17, 15) is 9.59 Å². The molecule has 1 atom stereocenters. The van der Waals surface area contributed by atoms with Gasteiger partial charge >= 0.3 is 11.9 Å². The van der Waals surface area contributed by atoms with Gasteiger partial charge in [0, 0.05) is 12.2 Å². The van der Waals surface area contributed by atoms with Gasteiger partial charge in [-0.05, 0) is 43.6 Å². The van der Waals surface area contributed by atoms with Gasteiger partial charge in [-0.2, -0.15) is 0 Å². The van der Waals surface area contributed by atoms with Gasteiger partial charge in [-0.3, -0.25) is 0 Å². The molecule has 0 aliphatic carbocycles. The summed E-state index contributed by atoms with van der Waals surface area (Å²) in [7, 11) is -2.66. The smallest absolute Gasteiger partial charge is 0.330 e. The number of hydrogen-bond donors (Lipinski definition) is 0. The highest BCUT2D eigenvalue weighted by atomic mass is 28.4. The number of esters is 2. The Balaban J connectivity index is 4.89. The van der Waals surface area contributed by atoms with Gasteiger partial charge in [0.15, 0.2) is 0 Å². The summed E-state index contributed by atoms with van der Waals surface area (Å²) in [6, 6.07) is 6.00. The highest BCUT2D eigenvalue weighted by molar-refractivity contribution is 6.85. The highest BCUT2D eigenvalue weighted by Gasteiger charge is 2.38. The Morgan fingerprint density at radius 3 is 1.89 bits per heavy atom. The van der Waals surface area contributed by atoms with Crippen molar-refractivity contribution < 1.29 is 19.1 Å². The maximum Gasteiger partial charge on any atom is 0.330 e. The van der Waals surface area contributed by atoms with Crippen LogP contribution in [0, 0.1) is 0 Å². The van der Waals surface area contributed by atoms with Gasteiger partial charge in [0.05, 0.1) is 13.2 Å². The summed E-state index contributed by atoms with van der Waals surface area (Å²) in [4.78, 5) is 22.5. The zero-order valence-electron chi connectivity index (χ0n) is 17.8. The summed E-state index contributed by atoms with van der Waals surface area (Å²) in [6.07, 6.45) is 4.29. The molecule has 0 aromatic carbocycles. The topological polar surface area (TPSA) is 55.8 Å². The second-order valence-electron chi connectivity index (χ2n) is 6.77. The fraction of sp³-hybridized carbons (Fsp3) is 0.700. The van der Waals surface area contributed by atoms with E-state index in [-0.39, 0.29) is 11.9 Å². The summed E-state index contributed by atoms with van der Waals surface area (Å²) < 4.78 is 13.2. The van der Waals surface area contributed by atoms with Crippen LogP contribution in [0.1, 0.15) is 40.5 Å². The molecule has 27 heavy (non-hydrogen) atoms. The van der Waals surface area contributed by atoms with Crippen LogP contribution in [0.3, 0.4) is 0 Å². The highest BCUT2D eigenvalue weighted by Crippen LogP contribution is 2.30. The minimum atomic E-state index is -1.57. The largest absolute Gasteiger partial charge is 0.463 e. The van der Waals surface area contributed by atoms with Gasteiger partial charge in [-0.25, -0.2) is 9.59 Å². The van der Waals surface area contributed by atoms with E-state index in [4.69, 9.17) is 9.47 Å². The fourth-order valence-corrected chi connectivity index (χ4v) is 15.5. The number of ether oxygens (including phenoxy) is 2. The predicted molar refractivity (Wildman–Crippen MR) is 118 cm³/mol. The zero-order valence-corrected chi connectivity index (χ0v) is 20.0. The van der Waals surface area contributed by atoms with Crippen molar-refractivity contribution in [3.63, 3.8) is 0 Å². The van der Waals surface area contributed by atoms with Gasteiger partial charge < -0.3 is 13.7 Å². The Labute approximate surface area is 168 Å². The van der Waals surface area contributed by atoms with Gasteiger partial charge in [-0.15, -0.1) is 0 Å². The molecule has 0 saturated heterocycles. The van der Waals surface area contributed by atoms with E-state index in [2.05, 4.69) is 45.1 Å². The normalized spacial score (nSPS) is 12.5. The summed E-state index contributed by atoms with van der Waals surface area (Å²) in [5.74, 6) is -0.672. The number of hydrogen-bond acceptors (Lipinski definition) is 5. The second kappa shape index (κ2) is 14.8. The van der Waals surface area contributed by atoms with Crippen molar-refractivity contribution in [2.75, 3.05) is 19.8 Å². The monoisotopic (exact) mass is 413 g/mol. The average Bonchev–Trinajstić information content (AvgIpc) is 2.70. The van der Waals surface area contributed by atoms with E-state index in [0.717, 1.165) is 31.5 Å². The summed E-state index contributed by atoms with van der Waals surface area (Å²) in [5.41, 5.74) is 0. The molecule has 0 fully saturated rings. The average molecular weight is 414 g/mol. The van der Waals surface area contributed by atoms with Crippen molar-refractivity contribution in [1.29, 1.82) is 0 Å². The lowest BCUT2D eigenvalue weighted by atomic mass is 10.5. The molecule has 0 aromatic heterocycles. The molecule has 0 heterocycles. The Morgan fingerprint density at radius 1 is 0.963 bits per heavy atom. The van der Waals surface area contributed by atoms with Crippen molar-refractivity contribution >= 4 is 29.1 Å². The zero-order chi connectivity index (χ0) is 20.7. The summed E-state index contributed by atoms with van der Waals surface area (Å²) >= 11 is 0. The maximum absolute atomic E-state index is 11.3. The number of rotatable bonds is 16. The van der Waals surface area contributed by atoms with Gasteiger partial charge in [0.2, 0.25) is 0 Å². The Morgan fingerprint density at radius 2 is 1.48 bits per heavy atom. The first kappa shape index (κ1) is 25.8. The van der Waals surface area contributed by atoms with Gasteiger partial charge in [0.1, 0.15) is 17.2 Å². The van der Waals surface area contributed by atoms with Crippen LogP contribution in [0.4, 0.5) is 0 Å². The van der Waals surface area contributed by atoms with Crippen LogP contribution in [0.5, 0.6) is 0 Å². The Hall–Kier alpha value is -1.19. The standard InChI is InChI=1S/C20H39NO4Si2/c1-7-19(22)24-15-13-17-26(10-4)21(9-3)27(11-5,12-6)18-14-16-25-20(23)8-2/h7-8,26H,1-2,9-18H2,3-6H3. The molecule has 7 heteroatoms. The van der Waals surface area contributed by atoms with Crippen molar-refractivity contribution in [1.82, 2.24) is 4.23 Å². The maximum atomic E-state index is 11.3. The van der Waals surface area contributed by atoms with Crippen molar-refractivity contribution in [3.8, 4) is 0 Å². The first-order valence-electron chi connectivity index (χ1n) is 10.3. The van der Waals surface area contributed by atoms with E-state index in [1.807, 2.05) is 0 Å². The predicted octanol–water partition coefficient (Wildman–Crippen LogP) is 4.28. The molecular weight excluding hydrogens is 374 g/mol. The van der Waals surface area contributed by atoms with Crippen LogP contribution < -0.4 is 0 Å². The molecule has 0 spiro atoms. The van der Waals surface area contributed by atoms with Crippen LogP contribution in [0.15, 0.2) is 25.3 Å². The van der Waals surface area contributed by atoms with E-state index >= 15 is 0 Å². The SMILES string of the molecule is C=CC(=O)OCCC[SiH](CC)N(CC)[Si](CC)(CC)CCCOC(=O)C=C. The molecule has 0 amide bonds. The molecule has 0 aliphatic heterocycles. The van der Waals surface area contributed by atoms with Crippen molar-refractivity contribution in [2.45, 2.75) is 70.8 Å². The number of nitrogens with zero attached hydrogens (tertiary/aromatic N) is 1. The fourth-order valence-electron chi connectivity index (χ4n) is 3.90. The summed E-state index contributed by atoms with van der Waals surface area (Å²) in [5, 5.41) is 0. The molecule has 0 saturated carbocycles. The third kappa shape index (κ3) is 9.03. The van der Waals surface area contributed by atoms with E-state index in [0.29, 0.717) is 13.2 Å². The molecule has 1 unspecified atom stereocenters. The van der Waals surface area contributed by atoms with Crippen LogP contribution in [-0.2, 0) is 19.1 Å². The molecule has 0 bridgehead atoms. The van der Waals surface area contributed by atoms with Gasteiger partial charge in [0.25, 0.3) is 0 Å². The van der Waals surface area contributed by atoms with E-state index < -0.39 is 17.2 Å². The Bertz CT molecular complexity index is 467. The van der Waals surface area contributed by atoms with E-state index in [1.54, 1.807) is 0 Å². The molecule has 0 N–H and O–H groups in total. The Kier molecular flexibility index (Phi) is 14.2. The molecular formula is C20H39NO4Si2. The minimum Gasteiger partial charge on any atom is -0.463 e. The number of carbonyl (C=O) groups excluding carboxylic acids is 2. The summed E-state index contributed by atoms with van der Waals surface area (Å²) in [6.45, 7) is 18.1. The van der Waals surface area contributed by atoms with Crippen molar-refractivity contribution in [3.05, 3.63) is 25.3 Å². The quantitative estimate of drug-likeness (QED) is 0.164. The number of carbonyl (C=O) groups is 2. The van der Waals surface area contributed by atoms with Crippen LogP contribution >= 0.6 is 0 Å². The lowest BCUT2D eigenvalue weighted by Crippen LogP contribution is -2.59. The minimum absolute atomic E-state index is 0.336. The van der Waals surface area contributed by atoms with Crippen LogP contribution in [0.25, 0.3) is 0 Å². The molecule has 5 nitrogen and oxygen atoms in total. The lowest BCUT2D eigenvalue weighted by molar-refractivity contribution is -0.138. The molecule has 0 aliphatic rings. The second-order valence-corrected chi connectivity index (χ2v) is 15.5.